The van der Waals surface area contributed by atoms with Gasteiger partial charge < -0.3 is 24.9 Å². The first-order chi connectivity index (χ1) is 17.0. The third-order valence-electron chi connectivity index (χ3n) is 7.50. The van der Waals surface area contributed by atoms with Crippen LogP contribution in [0.4, 0.5) is 4.39 Å². The number of rotatable bonds is 5. The number of nitrogens with one attached hydrogen (secondary N) is 2. The normalized spacial score (nSPS) is 18.6. The Morgan fingerprint density at radius 2 is 1.86 bits per heavy atom. The van der Waals surface area contributed by atoms with Crippen LogP contribution >= 0.6 is 0 Å². The van der Waals surface area contributed by atoms with Crippen molar-refractivity contribution in [1.29, 1.82) is 0 Å². The number of pyridine rings is 2. The summed E-state index contributed by atoms with van der Waals surface area (Å²) in [4.78, 5) is 30.0. The number of likely N-dealkylation sites (tertiary alicyclic amines) is 1. The quantitative estimate of drug-likeness (QED) is 0.414. The third-order valence-corrected chi connectivity index (χ3v) is 7.50. The molecule has 180 valence electrons. The van der Waals surface area contributed by atoms with Gasteiger partial charge in [0.15, 0.2) is 0 Å². The average molecular weight is 475 g/mol. The Labute approximate surface area is 200 Å². The molecule has 0 radical (unpaired) electrons. The molecule has 4 aromatic rings. The first-order valence-electron chi connectivity index (χ1n) is 12.1. The molecule has 1 atom stereocenters. The van der Waals surface area contributed by atoms with Crippen LogP contribution in [0, 0.1) is 5.82 Å². The molecule has 0 aliphatic carbocycles. The average Bonchev–Trinajstić information content (AvgIpc) is 3.23. The number of halogens is 1. The van der Waals surface area contributed by atoms with Gasteiger partial charge in [-0.3, -0.25) is 9.59 Å². The Morgan fingerprint density at radius 3 is 2.69 bits per heavy atom. The number of phenolic OH excluding ortho intramolecular Hbond substituents is 1. The zero-order valence-electron chi connectivity index (χ0n) is 19.3. The molecule has 0 amide bonds. The summed E-state index contributed by atoms with van der Waals surface area (Å²) in [6, 6.07) is 13.9. The summed E-state index contributed by atoms with van der Waals surface area (Å²) in [6.07, 6.45) is 1.90. The lowest BCUT2D eigenvalue weighted by atomic mass is 9.97. The molecule has 7 nitrogen and oxygen atoms in total. The fraction of sp³-hybridized carbons (Fsp3) is 0.333. The largest absolute Gasteiger partial charge is 0.507 e. The van der Waals surface area contributed by atoms with E-state index in [1.807, 2.05) is 12.1 Å². The van der Waals surface area contributed by atoms with Gasteiger partial charge in [0.05, 0.1) is 10.9 Å². The van der Waals surface area contributed by atoms with E-state index < -0.39 is 0 Å². The molecule has 8 heteroatoms. The van der Waals surface area contributed by atoms with Gasteiger partial charge in [0.1, 0.15) is 11.6 Å². The second-order valence-electron chi connectivity index (χ2n) is 9.70. The van der Waals surface area contributed by atoms with Gasteiger partial charge in [0.2, 0.25) is 0 Å². The van der Waals surface area contributed by atoms with Crippen molar-refractivity contribution in [3.8, 4) is 5.75 Å². The van der Waals surface area contributed by atoms with Crippen LogP contribution in [0.2, 0.25) is 0 Å². The monoisotopic (exact) mass is 474 g/mol. The topological polar surface area (TPSA) is 90.4 Å². The molecule has 6 rings (SSSR count). The highest BCUT2D eigenvalue weighted by molar-refractivity contribution is 5.87. The molecule has 35 heavy (non-hydrogen) atoms. The maximum Gasteiger partial charge on any atom is 0.259 e. The van der Waals surface area contributed by atoms with E-state index in [1.165, 1.54) is 12.1 Å². The number of aromatic hydroxyl groups is 1. The molecule has 0 spiro atoms. The lowest BCUT2D eigenvalue weighted by Crippen LogP contribution is -2.43. The second-order valence-corrected chi connectivity index (χ2v) is 9.70. The van der Waals surface area contributed by atoms with E-state index in [9.17, 15) is 19.1 Å². The van der Waals surface area contributed by atoms with Crippen LogP contribution in [0.15, 0.2) is 58.1 Å². The van der Waals surface area contributed by atoms with E-state index in [2.05, 4.69) is 15.2 Å². The van der Waals surface area contributed by atoms with Gasteiger partial charge in [-0.1, -0.05) is 12.1 Å². The number of benzene rings is 2. The van der Waals surface area contributed by atoms with E-state index in [0.717, 1.165) is 54.5 Å². The second kappa shape index (κ2) is 8.62. The number of phenols is 1. The number of fused-ring (bicyclic) bond motifs is 1. The number of aromatic nitrogens is 2. The molecule has 0 bridgehead atoms. The Hall–Kier alpha value is -3.49. The first-order valence-corrected chi connectivity index (χ1v) is 12.1. The summed E-state index contributed by atoms with van der Waals surface area (Å²) < 4.78 is 16.5. The molecule has 3 N–H and O–H groups in total. The first kappa shape index (κ1) is 22.0. The number of hydrogen-bond acceptors (Lipinski definition) is 5. The van der Waals surface area contributed by atoms with Crippen molar-refractivity contribution >= 4 is 21.7 Å². The fourth-order valence-electron chi connectivity index (χ4n) is 5.77. The number of H-pyrrole nitrogens is 1. The molecular weight excluding hydrogens is 447 g/mol. The maximum atomic E-state index is 14.8. The van der Waals surface area contributed by atoms with E-state index >= 15 is 0 Å². The van der Waals surface area contributed by atoms with Crippen LogP contribution in [0.25, 0.3) is 21.7 Å². The van der Waals surface area contributed by atoms with Gasteiger partial charge in [-0.15, -0.1) is 0 Å². The van der Waals surface area contributed by atoms with Crippen molar-refractivity contribution in [1.82, 2.24) is 19.8 Å². The SMILES string of the molecule is O=c1[nH]c(CNC2CCN(C[C@@H]3Cn4c(=O)ccc5ccc(F)c3c54)CC2)cc2cccc(O)c12. The predicted octanol–water partition coefficient (Wildman–Crippen LogP) is 3.04. The maximum absolute atomic E-state index is 14.8. The minimum atomic E-state index is -0.286. The van der Waals surface area contributed by atoms with Gasteiger partial charge in [-0.05, 0) is 67.0 Å². The minimum absolute atomic E-state index is 0.0121. The lowest BCUT2D eigenvalue weighted by Gasteiger charge is -2.34. The summed E-state index contributed by atoms with van der Waals surface area (Å²) in [5, 5.41) is 15.4. The van der Waals surface area contributed by atoms with Crippen molar-refractivity contribution in [3.05, 3.63) is 86.3 Å². The highest BCUT2D eigenvalue weighted by atomic mass is 19.1. The minimum Gasteiger partial charge on any atom is -0.507 e. The van der Waals surface area contributed by atoms with Crippen molar-refractivity contribution in [3.63, 3.8) is 0 Å². The third kappa shape index (κ3) is 3.92. The van der Waals surface area contributed by atoms with E-state index in [4.69, 9.17) is 0 Å². The van der Waals surface area contributed by atoms with Gasteiger partial charge in [-0.25, -0.2) is 4.39 Å². The van der Waals surface area contributed by atoms with Crippen molar-refractivity contribution in [2.75, 3.05) is 19.6 Å². The summed E-state index contributed by atoms with van der Waals surface area (Å²) in [6.45, 7) is 3.57. The molecular formula is C27H27FN4O3. The molecule has 4 heterocycles. The van der Waals surface area contributed by atoms with Crippen molar-refractivity contribution in [2.45, 2.75) is 37.9 Å². The molecule has 2 aliphatic rings. The molecule has 2 aliphatic heterocycles. The molecule has 2 aromatic carbocycles. The summed E-state index contributed by atoms with van der Waals surface area (Å²) >= 11 is 0. The van der Waals surface area contributed by atoms with Crippen molar-refractivity contribution < 1.29 is 9.50 Å². The number of aromatic amines is 1. The highest BCUT2D eigenvalue weighted by Crippen LogP contribution is 2.35. The summed E-state index contributed by atoms with van der Waals surface area (Å²) in [7, 11) is 0. The zero-order valence-corrected chi connectivity index (χ0v) is 19.3. The Bertz CT molecular complexity index is 1550. The standard InChI is InChI=1S/C27H27FN4O3/c28-21-6-4-16-5-7-23(34)32-15-18(24(21)26(16)32)14-31-10-8-19(9-11-31)29-13-20-12-17-2-1-3-22(33)25(17)27(35)30-20/h1-7,12,18-19,29,33H,8-11,13-15H2,(H,30,35)/t18-/m1/s1. The van der Waals surface area contributed by atoms with Gasteiger partial charge in [0, 0.05) is 48.9 Å². The number of hydrogen-bond donors (Lipinski definition) is 3. The number of piperidine rings is 1. The van der Waals surface area contributed by atoms with E-state index in [0.29, 0.717) is 30.1 Å². The smallest absolute Gasteiger partial charge is 0.259 e. The summed E-state index contributed by atoms with van der Waals surface area (Å²) in [5.74, 6) is -0.270. The van der Waals surface area contributed by atoms with E-state index in [1.54, 1.807) is 28.8 Å². The Kier molecular flexibility index (Phi) is 5.42. The predicted molar refractivity (Wildman–Crippen MR) is 133 cm³/mol. The van der Waals surface area contributed by atoms with Crippen LogP contribution in [0.1, 0.15) is 30.0 Å². The lowest BCUT2D eigenvalue weighted by molar-refractivity contribution is 0.184. The van der Waals surface area contributed by atoms with Gasteiger partial charge in [0.25, 0.3) is 11.1 Å². The Balaban J connectivity index is 1.09. The fourth-order valence-corrected chi connectivity index (χ4v) is 5.77. The zero-order chi connectivity index (χ0) is 24.1. The van der Waals surface area contributed by atoms with Crippen LogP contribution in [-0.4, -0.2) is 45.2 Å². The van der Waals surface area contributed by atoms with Crippen LogP contribution in [0.5, 0.6) is 5.75 Å². The molecule has 0 saturated carbocycles. The molecule has 0 unspecified atom stereocenters. The summed E-state index contributed by atoms with van der Waals surface area (Å²) in [5.41, 5.74) is 1.85. The Morgan fingerprint density at radius 1 is 1.06 bits per heavy atom. The molecule has 1 saturated heterocycles. The van der Waals surface area contributed by atoms with Crippen LogP contribution in [-0.2, 0) is 13.1 Å². The van der Waals surface area contributed by atoms with Crippen molar-refractivity contribution in [2.24, 2.45) is 0 Å². The van der Waals surface area contributed by atoms with Crippen LogP contribution < -0.4 is 16.4 Å². The molecule has 2 aromatic heterocycles. The van der Waals surface area contributed by atoms with Crippen LogP contribution in [0.3, 0.4) is 0 Å². The molecule has 1 fully saturated rings. The van der Waals surface area contributed by atoms with E-state index in [-0.39, 0.29) is 28.6 Å². The van der Waals surface area contributed by atoms with Gasteiger partial charge >= 0.3 is 0 Å². The highest BCUT2D eigenvalue weighted by Gasteiger charge is 2.31. The number of nitrogens with zero attached hydrogens (tertiary/aromatic N) is 2. The van der Waals surface area contributed by atoms with Gasteiger partial charge in [-0.2, -0.15) is 0 Å².